The third-order valence-electron chi connectivity index (χ3n) is 13.8. The molecule has 0 atom stereocenters. The molecule has 4 nitrogen and oxygen atoms in total. The molecule has 374 valence electrons. The molecule has 74 heavy (non-hydrogen) atoms. The number of benzene rings is 8. The maximum Gasteiger partial charge on any atom is 0.148 e. The van der Waals surface area contributed by atoms with E-state index in [1.807, 2.05) is 128 Å². The molecule has 10 rings (SSSR count). The maximum absolute atomic E-state index is 12.5. The van der Waals surface area contributed by atoms with E-state index < -0.39 is 32.8 Å². The number of hydrogen-bond donors (Lipinski definition) is 1. The second kappa shape index (κ2) is 20.6. The van der Waals surface area contributed by atoms with Crippen molar-refractivity contribution < 1.29 is 42.6 Å². The number of pyridine rings is 1. The van der Waals surface area contributed by atoms with Crippen molar-refractivity contribution in [2.45, 2.75) is 98.5 Å². The molecule has 0 spiro atoms. The van der Waals surface area contributed by atoms with Crippen LogP contribution in [0, 0.1) is 12.9 Å². The van der Waals surface area contributed by atoms with Gasteiger partial charge < -0.3 is 5.11 Å². The largest absolute Gasteiger partial charge is 0.507 e. The van der Waals surface area contributed by atoms with Crippen molar-refractivity contribution in [2.75, 3.05) is 0 Å². The van der Waals surface area contributed by atoms with Crippen molar-refractivity contribution in [3.8, 4) is 89.7 Å². The summed E-state index contributed by atoms with van der Waals surface area (Å²) in [7, 11) is 0. The zero-order valence-electron chi connectivity index (χ0n) is 54.6. The van der Waals surface area contributed by atoms with Gasteiger partial charge in [0, 0.05) is 49.4 Å². The Kier molecular flexibility index (Phi) is 10.7. The Morgan fingerprint density at radius 1 is 0.568 bits per heavy atom. The summed E-state index contributed by atoms with van der Waals surface area (Å²) in [5, 5.41) is 12.5. The van der Waals surface area contributed by atoms with Crippen molar-refractivity contribution in [3.05, 3.63) is 216 Å². The number of aryl methyl sites for hydroxylation is 1. The van der Waals surface area contributed by atoms with Crippen molar-refractivity contribution in [3.63, 3.8) is 0 Å². The summed E-state index contributed by atoms with van der Waals surface area (Å²) in [6.07, 6.45) is 1.62. The minimum Gasteiger partial charge on any atom is -0.507 e. The normalized spacial score (nSPS) is 15.0. The molecule has 2 heterocycles. The molecule has 8 aromatic carbocycles. The van der Waals surface area contributed by atoms with Crippen LogP contribution in [-0.2, 0) is 31.9 Å². The molecule has 0 amide bonds. The van der Waals surface area contributed by atoms with Crippen LogP contribution in [0.4, 0.5) is 0 Å². The molecule has 0 aliphatic carbocycles. The van der Waals surface area contributed by atoms with Crippen molar-refractivity contribution >= 4 is 11.0 Å². The first-order valence-electron chi connectivity index (χ1n) is 30.8. The van der Waals surface area contributed by atoms with Crippen LogP contribution in [0.3, 0.4) is 0 Å². The van der Waals surface area contributed by atoms with Crippen LogP contribution in [-0.4, -0.2) is 19.6 Å². The second-order valence-corrected chi connectivity index (χ2v) is 20.7. The van der Waals surface area contributed by atoms with E-state index in [2.05, 4.69) is 71.0 Å². The minimum atomic E-state index is -3.41. The summed E-state index contributed by atoms with van der Waals surface area (Å²) < 4.78 is 104. The molecule has 2 aromatic heterocycles. The monoisotopic (exact) mass is 1160 g/mol. The average molecular weight is 1160 g/mol. The van der Waals surface area contributed by atoms with E-state index in [9.17, 15) is 9.22 Å². The first-order valence-corrected chi connectivity index (χ1v) is 24.8. The molecule has 0 unspecified atom stereocenters. The van der Waals surface area contributed by atoms with Gasteiger partial charge in [-0.3, -0.25) is 9.55 Å². The molecule has 0 aliphatic rings. The molecule has 5 heteroatoms. The fourth-order valence-electron chi connectivity index (χ4n) is 9.92. The van der Waals surface area contributed by atoms with E-state index in [1.165, 1.54) is 24.3 Å². The molecule has 0 radical (unpaired) electrons. The number of phenols is 1. The number of rotatable bonds is 10. The molecule has 0 saturated carbocycles. The SMILES string of the molecule is [2H]C([2H])([2H])c1cc(-c2c(-c3ccccc3)cccc2C(C)(C)C)ccc1-n1c(-c2cc(C(C)C)cc(C(C)C)c2O)nc2c(-c3[c-]c(-c4cc(-c5ccc(C(C([2H])([2H])[2H])(C([2H])([2H])[2H])C([2H])([2H])[2H])cc5)ccn4)cc(-c4ccccc4)c3)cccc21.[Pt]. The van der Waals surface area contributed by atoms with Crippen LogP contribution in [0.5, 0.6) is 5.75 Å². The molecule has 0 bridgehead atoms. The Balaban J connectivity index is 0.00000884. The van der Waals surface area contributed by atoms with Gasteiger partial charge in [0.05, 0.1) is 22.3 Å². The van der Waals surface area contributed by atoms with Gasteiger partial charge in [0.25, 0.3) is 0 Å². The van der Waals surface area contributed by atoms with Gasteiger partial charge in [0.15, 0.2) is 0 Å². The van der Waals surface area contributed by atoms with E-state index in [1.54, 1.807) is 18.3 Å². The van der Waals surface area contributed by atoms with E-state index in [0.29, 0.717) is 61.6 Å². The van der Waals surface area contributed by atoms with Crippen LogP contribution < -0.4 is 0 Å². The number of imidazole rings is 1. The zero-order valence-corrected chi connectivity index (χ0v) is 44.9. The summed E-state index contributed by atoms with van der Waals surface area (Å²) >= 11 is 0. The maximum atomic E-state index is 12.5. The van der Waals surface area contributed by atoms with Gasteiger partial charge >= 0.3 is 0 Å². The summed E-state index contributed by atoms with van der Waals surface area (Å²) in [6.45, 7) is 1.84. The van der Waals surface area contributed by atoms with Crippen LogP contribution in [0.1, 0.15) is 125 Å². The molecule has 1 N–H and O–H groups in total. The number of aromatic hydroxyl groups is 1. The zero-order chi connectivity index (χ0) is 61.3. The second-order valence-electron chi connectivity index (χ2n) is 20.7. The molecule has 0 saturated heterocycles. The van der Waals surface area contributed by atoms with E-state index >= 15 is 0 Å². The first kappa shape index (κ1) is 38.4. The van der Waals surface area contributed by atoms with Gasteiger partial charge in [-0.1, -0.05) is 219 Å². The van der Waals surface area contributed by atoms with E-state index in [0.717, 1.165) is 50.1 Å². The Labute approximate surface area is 470 Å². The van der Waals surface area contributed by atoms with E-state index in [4.69, 9.17) is 22.3 Å². The average Bonchev–Trinajstić information content (AvgIpc) is 0.897. The molecular weight excluding hydrogens is 1080 g/mol. The summed E-state index contributed by atoms with van der Waals surface area (Å²) in [6, 6.07) is 58.4. The predicted molar refractivity (Wildman–Crippen MR) is 308 cm³/mol. The Morgan fingerprint density at radius 3 is 1.91 bits per heavy atom. The van der Waals surface area contributed by atoms with Crippen molar-refractivity contribution in [2.24, 2.45) is 0 Å². The number of hydrogen-bond acceptors (Lipinski definition) is 3. The van der Waals surface area contributed by atoms with E-state index in [-0.39, 0.29) is 55.2 Å². The first-order chi connectivity index (χ1) is 39.9. The molecular formula is C69H66N3OPt-. The summed E-state index contributed by atoms with van der Waals surface area (Å²) in [4.78, 5) is 10.3. The van der Waals surface area contributed by atoms with Gasteiger partial charge in [-0.05, 0) is 127 Å². The Hall–Kier alpha value is -7.13. The van der Waals surface area contributed by atoms with Crippen molar-refractivity contribution in [1.82, 2.24) is 14.5 Å². The minimum absolute atomic E-state index is 0. The molecule has 0 fully saturated rings. The number of para-hydroxylation sites is 1. The van der Waals surface area contributed by atoms with Crippen LogP contribution >= 0.6 is 0 Å². The van der Waals surface area contributed by atoms with Gasteiger partial charge in [0.1, 0.15) is 11.6 Å². The Morgan fingerprint density at radius 2 is 1.23 bits per heavy atom. The van der Waals surface area contributed by atoms with Gasteiger partial charge in [-0.25, -0.2) is 4.98 Å². The number of nitrogens with zero attached hydrogens (tertiary/aromatic N) is 3. The number of fused-ring (bicyclic) bond motifs is 1. The fraction of sp³-hybridized carbons (Fsp3) is 0.217. The quantitative estimate of drug-likeness (QED) is 0.139. The van der Waals surface area contributed by atoms with Crippen LogP contribution in [0.2, 0.25) is 0 Å². The standard InChI is InChI=1S/C69H66N3O.Pt/c1-43(2)51-40-58(44(3)4)66(73)59(41-51)67-71-65-57(53-37-52(46-20-14-12-15-21-46)38-54(39-53)61-42-49(34-35-70-61)47-28-31-55(32-29-47)68(6,7)8)25-19-27-63(65)72(67)62-33-30-50(36-45(62)5)64-56(48-22-16-13-17-23-48)24-18-26-60(64)69(9,10)11;/h12-38,40-44,73H,1-11H3;/q-1;/i5D3,6D3,7D3,8D3;. The third kappa shape index (κ3) is 10.1. The predicted octanol–water partition coefficient (Wildman–Crippen LogP) is 18.7. The third-order valence-corrected chi connectivity index (χ3v) is 13.8. The summed E-state index contributed by atoms with van der Waals surface area (Å²) in [5.41, 5.74) is 9.86. The van der Waals surface area contributed by atoms with Gasteiger partial charge in [-0.15, -0.1) is 23.8 Å². The summed E-state index contributed by atoms with van der Waals surface area (Å²) in [5.74, 6) is 0.376. The van der Waals surface area contributed by atoms with Crippen molar-refractivity contribution in [1.29, 1.82) is 0 Å². The van der Waals surface area contributed by atoms with Crippen LogP contribution in [0.15, 0.2) is 182 Å². The number of phenolic OH excluding ortho intramolecular Hbond substituents is 1. The topological polar surface area (TPSA) is 50.9 Å². The number of aromatic nitrogens is 3. The Bertz CT molecular complexity index is 4080. The molecule has 10 aromatic rings. The van der Waals surface area contributed by atoms with Gasteiger partial charge in [0.2, 0.25) is 0 Å². The van der Waals surface area contributed by atoms with Crippen LogP contribution in [0.25, 0.3) is 95.0 Å². The fourth-order valence-corrected chi connectivity index (χ4v) is 9.92. The molecule has 0 aliphatic heterocycles. The smallest absolute Gasteiger partial charge is 0.148 e. The van der Waals surface area contributed by atoms with Gasteiger partial charge in [-0.2, -0.15) is 0 Å².